The number of amides is 1. The average molecular weight is 329 g/mol. The van der Waals surface area contributed by atoms with Gasteiger partial charge >= 0.3 is 0 Å². The van der Waals surface area contributed by atoms with Crippen molar-refractivity contribution in [3.05, 3.63) is 47.5 Å². The maximum atomic E-state index is 12.0. The highest BCUT2D eigenvalue weighted by atomic mass is 32.2. The molecule has 2 aromatic rings. The molecule has 118 valence electrons. The first-order valence-electron chi connectivity index (χ1n) is 7.24. The van der Waals surface area contributed by atoms with Crippen molar-refractivity contribution >= 4 is 23.4 Å². The number of rotatable bonds is 2. The lowest BCUT2D eigenvalue weighted by atomic mass is 10.0. The van der Waals surface area contributed by atoms with Gasteiger partial charge in [-0.3, -0.25) is 4.79 Å². The lowest BCUT2D eigenvalue weighted by molar-refractivity contribution is -0.113. The number of nitrogens with one attached hydrogen (secondary N) is 1. The Morgan fingerprint density at radius 2 is 1.96 bits per heavy atom. The molecule has 2 aliphatic rings. The molecule has 2 heterocycles. The van der Waals surface area contributed by atoms with Crippen molar-refractivity contribution in [2.24, 2.45) is 0 Å². The van der Waals surface area contributed by atoms with Gasteiger partial charge < -0.3 is 19.5 Å². The monoisotopic (exact) mass is 329 g/mol. The number of para-hydroxylation sites is 1. The van der Waals surface area contributed by atoms with E-state index in [0.29, 0.717) is 17.3 Å². The minimum atomic E-state index is -0.0208. The molecule has 0 aliphatic carbocycles. The first-order chi connectivity index (χ1) is 11.3. The van der Waals surface area contributed by atoms with Crippen molar-refractivity contribution in [1.29, 1.82) is 0 Å². The minimum Gasteiger partial charge on any atom is -0.496 e. The molecule has 2 aliphatic heterocycles. The van der Waals surface area contributed by atoms with Crippen molar-refractivity contribution in [2.75, 3.05) is 25.0 Å². The second-order valence-corrected chi connectivity index (χ2v) is 6.37. The summed E-state index contributed by atoms with van der Waals surface area (Å²) in [6, 6.07) is 11.7. The quantitative estimate of drug-likeness (QED) is 0.917. The molecule has 0 saturated carbocycles. The fraction of sp³-hybridized carbons (Fsp3) is 0.235. The van der Waals surface area contributed by atoms with Crippen LogP contribution in [-0.2, 0) is 4.79 Å². The Hall–Kier alpha value is -2.34. The standard InChI is InChI=1S/C17H15NO4S/c1-20-13-5-3-2-4-10(13)17-11-6-14-15(22-9-21-14)7-12(11)18-16(19)8-23-17/h2-7,17H,8-9H2,1H3,(H,18,19). The van der Waals surface area contributed by atoms with Gasteiger partial charge in [0.2, 0.25) is 12.7 Å². The maximum Gasteiger partial charge on any atom is 0.234 e. The second kappa shape index (κ2) is 5.70. The molecule has 0 spiro atoms. The predicted octanol–water partition coefficient (Wildman–Crippen LogP) is 3.20. The Kier molecular flexibility index (Phi) is 3.53. The Morgan fingerprint density at radius 3 is 2.78 bits per heavy atom. The zero-order chi connectivity index (χ0) is 15.8. The van der Waals surface area contributed by atoms with Crippen LogP contribution in [0.1, 0.15) is 16.4 Å². The number of thioether (sulfide) groups is 1. The summed E-state index contributed by atoms with van der Waals surface area (Å²) in [6.07, 6.45) is 0. The Labute approximate surface area is 137 Å². The van der Waals surface area contributed by atoms with Crippen molar-refractivity contribution in [3.8, 4) is 17.2 Å². The largest absolute Gasteiger partial charge is 0.496 e. The fourth-order valence-corrected chi connectivity index (χ4v) is 4.00. The van der Waals surface area contributed by atoms with Crippen LogP contribution in [0.25, 0.3) is 0 Å². The summed E-state index contributed by atoms with van der Waals surface area (Å²) in [7, 11) is 1.66. The van der Waals surface area contributed by atoms with E-state index < -0.39 is 0 Å². The Morgan fingerprint density at radius 1 is 1.17 bits per heavy atom. The summed E-state index contributed by atoms with van der Waals surface area (Å²) >= 11 is 1.57. The summed E-state index contributed by atoms with van der Waals surface area (Å²) in [5.74, 6) is 2.54. The number of anilines is 1. The Bertz CT molecular complexity index is 777. The van der Waals surface area contributed by atoms with E-state index >= 15 is 0 Å². The number of ether oxygens (including phenoxy) is 3. The number of fused-ring (bicyclic) bond motifs is 2. The van der Waals surface area contributed by atoms with Crippen molar-refractivity contribution in [3.63, 3.8) is 0 Å². The molecule has 1 N–H and O–H groups in total. The molecule has 23 heavy (non-hydrogen) atoms. The van der Waals surface area contributed by atoms with E-state index in [9.17, 15) is 4.79 Å². The van der Waals surface area contributed by atoms with Gasteiger partial charge in [-0.1, -0.05) is 18.2 Å². The molecule has 1 amide bonds. The van der Waals surface area contributed by atoms with E-state index in [1.807, 2.05) is 36.4 Å². The van der Waals surface area contributed by atoms with E-state index in [1.54, 1.807) is 18.9 Å². The molecular weight excluding hydrogens is 314 g/mol. The molecule has 1 unspecified atom stereocenters. The van der Waals surface area contributed by atoms with Crippen LogP contribution >= 0.6 is 11.8 Å². The molecule has 0 bridgehead atoms. The van der Waals surface area contributed by atoms with Crippen LogP contribution in [0, 0.1) is 0 Å². The smallest absolute Gasteiger partial charge is 0.234 e. The summed E-state index contributed by atoms with van der Waals surface area (Å²) in [4.78, 5) is 12.0. The molecule has 5 nitrogen and oxygen atoms in total. The SMILES string of the molecule is COc1ccccc1C1SCC(=O)Nc2cc3c(cc21)OCO3. The number of methoxy groups -OCH3 is 1. The third-order valence-electron chi connectivity index (χ3n) is 3.90. The van der Waals surface area contributed by atoms with Crippen LogP contribution in [0.3, 0.4) is 0 Å². The number of carbonyl (C=O) groups is 1. The third kappa shape index (κ3) is 2.49. The molecular formula is C17H15NO4S. The van der Waals surface area contributed by atoms with Gasteiger partial charge in [0, 0.05) is 17.3 Å². The average Bonchev–Trinajstić information content (AvgIpc) is 2.96. The van der Waals surface area contributed by atoms with E-state index in [1.165, 1.54) is 0 Å². The van der Waals surface area contributed by atoms with Crippen molar-refractivity contribution < 1.29 is 19.0 Å². The van der Waals surface area contributed by atoms with Crippen molar-refractivity contribution in [1.82, 2.24) is 0 Å². The summed E-state index contributed by atoms with van der Waals surface area (Å²) in [5.41, 5.74) is 2.80. The second-order valence-electron chi connectivity index (χ2n) is 5.27. The summed E-state index contributed by atoms with van der Waals surface area (Å²) in [5, 5.41) is 2.93. The predicted molar refractivity (Wildman–Crippen MR) is 88.5 cm³/mol. The molecule has 0 radical (unpaired) electrons. The van der Waals surface area contributed by atoms with Gasteiger partial charge in [-0.15, -0.1) is 11.8 Å². The fourth-order valence-electron chi connectivity index (χ4n) is 2.86. The van der Waals surface area contributed by atoms with E-state index in [0.717, 1.165) is 22.6 Å². The first kappa shape index (κ1) is 14.3. The van der Waals surface area contributed by atoms with Crippen LogP contribution in [0.2, 0.25) is 0 Å². The zero-order valence-electron chi connectivity index (χ0n) is 12.5. The van der Waals surface area contributed by atoms with Gasteiger partial charge in [0.15, 0.2) is 11.5 Å². The van der Waals surface area contributed by atoms with E-state index in [4.69, 9.17) is 14.2 Å². The Balaban J connectivity index is 1.87. The van der Waals surface area contributed by atoms with Gasteiger partial charge in [-0.2, -0.15) is 0 Å². The first-order valence-corrected chi connectivity index (χ1v) is 8.29. The molecule has 0 fully saturated rings. The number of hydrogen-bond donors (Lipinski definition) is 1. The van der Waals surface area contributed by atoms with Crippen LogP contribution < -0.4 is 19.5 Å². The molecule has 2 aromatic carbocycles. The highest BCUT2D eigenvalue weighted by Crippen LogP contribution is 2.48. The van der Waals surface area contributed by atoms with E-state index in [-0.39, 0.29) is 18.0 Å². The summed E-state index contributed by atoms with van der Waals surface area (Å²) < 4.78 is 16.4. The highest BCUT2D eigenvalue weighted by molar-refractivity contribution is 8.00. The topological polar surface area (TPSA) is 56.8 Å². The van der Waals surface area contributed by atoms with Gasteiger partial charge in [-0.05, 0) is 17.7 Å². The lowest BCUT2D eigenvalue weighted by Crippen LogP contribution is -2.12. The van der Waals surface area contributed by atoms with Crippen LogP contribution in [-0.4, -0.2) is 25.6 Å². The third-order valence-corrected chi connectivity index (χ3v) is 5.17. The van der Waals surface area contributed by atoms with Gasteiger partial charge in [0.05, 0.1) is 18.1 Å². The molecule has 0 saturated heterocycles. The molecule has 4 rings (SSSR count). The number of hydrogen-bond acceptors (Lipinski definition) is 5. The van der Waals surface area contributed by atoms with Gasteiger partial charge in [-0.25, -0.2) is 0 Å². The van der Waals surface area contributed by atoms with Crippen LogP contribution in [0.4, 0.5) is 5.69 Å². The zero-order valence-corrected chi connectivity index (χ0v) is 13.3. The van der Waals surface area contributed by atoms with Gasteiger partial charge in [0.25, 0.3) is 0 Å². The van der Waals surface area contributed by atoms with Gasteiger partial charge in [0.1, 0.15) is 5.75 Å². The highest BCUT2D eigenvalue weighted by Gasteiger charge is 2.29. The van der Waals surface area contributed by atoms with Crippen LogP contribution in [0.15, 0.2) is 36.4 Å². The van der Waals surface area contributed by atoms with Crippen LogP contribution in [0.5, 0.6) is 17.2 Å². The molecule has 6 heteroatoms. The number of carbonyl (C=O) groups excluding carboxylic acids is 1. The van der Waals surface area contributed by atoms with Crippen molar-refractivity contribution in [2.45, 2.75) is 5.25 Å². The maximum absolute atomic E-state index is 12.0. The lowest BCUT2D eigenvalue weighted by Gasteiger charge is -2.19. The normalized spacial score (nSPS) is 18.8. The van der Waals surface area contributed by atoms with E-state index in [2.05, 4.69) is 5.32 Å². The number of benzene rings is 2. The molecule has 1 atom stereocenters. The summed E-state index contributed by atoms with van der Waals surface area (Å²) in [6.45, 7) is 0.207. The molecule has 0 aromatic heterocycles. The minimum absolute atomic E-state index is 0.0189.